The zero-order valence-electron chi connectivity index (χ0n) is 15.6. The third-order valence-corrected chi connectivity index (χ3v) is 5.51. The fourth-order valence-corrected chi connectivity index (χ4v) is 3.96. The molecule has 0 N–H and O–H groups in total. The number of aromatic nitrogens is 2. The van der Waals surface area contributed by atoms with E-state index in [1.807, 2.05) is 0 Å². The van der Waals surface area contributed by atoms with E-state index in [9.17, 15) is 0 Å². The molecular weight excluding hydrogens is 322 g/mol. The van der Waals surface area contributed by atoms with E-state index < -0.39 is 0 Å². The molecule has 0 saturated carbocycles. The summed E-state index contributed by atoms with van der Waals surface area (Å²) in [5.74, 6) is 2.18. The van der Waals surface area contributed by atoms with Crippen molar-refractivity contribution >= 4 is 11.6 Å². The van der Waals surface area contributed by atoms with Crippen LogP contribution in [-0.4, -0.2) is 54.1 Å². The van der Waals surface area contributed by atoms with Crippen LogP contribution in [-0.2, 0) is 6.54 Å². The van der Waals surface area contributed by atoms with Gasteiger partial charge in [-0.1, -0.05) is 43.2 Å². The monoisotopic (exact) mass is 351 g/mol. The molecule has 1 aromatic carbocycles. The molecule has 2 aliphatic heterocycles. The van der Waals surface area contributed by atoms with Gasteiger partial charge < -0.3 is 9.80 Å². The molecular formula is C21H29N5. The van der Waals surface area contributed by atoms with E-state index in [0.29, 0.717) is 0 Å². The van der Waals surface area contributed by atoms with Gasteiger partial charge in [-0.3, -0.25) is 4.90 Å². The Balaban J connectivity index is 1.36. The van der Waals surface area contributed by atoms with Gasteiger partial charge in [0.2, 0.25) is 0 Å². The van der Waals surface area contributed by atoms with E-state index >= 15 is 0 Å². The van der Waals surface area contributed by atoms with Crippen LogP contribution >= 0.6 is 0 Å². The molecule has 3 heterocycles. The van der Waals surface area contributed by atoms with Gasteiger partial charge in [-0.25, -0.2) is 9.97 Å². The molecule has 26 heavy (non-hydrogen) atoms. The summed E-state index contributed by atoms with van der Waals surface area (Å²) in [6.45, 7) is 7.52. The molecule has 0 unspecified atom stereocenters. The second kappa shape index (κ2) is 8.49. The molecule has 1 aromatic heterocycles. The van der Waals surface area contributed by atoms with Crippen LogP contribution in [0.3, 0.4) is 0 Å². The third kappa shape index (κ3) is 4.33. The highest BCUT2D eigenvalue weighted by Crippen LogP contribution is 2.22. The molecule has 0 bridgehead atoms. The first kappa shape index (κ1) is 17.3. The lowest BCUT2D eigenvalue weighted by Crippen LogP contribution is -2.46. The van der Waals surface area contributed by atoms with Gasteiger partial charge in [0.25, 0.3) is 0 Å². The van der Waals surface area contributed by atoms with Crippen molar-refractivity contribution in [1.29, 1.82) is 0 Å². The number of anilines is 2. The summed E-state index contributed by atoms with van der Waals surface area (Å²) < 4.78 is 0. The summed E-state index contributed by atoms with van der Waals surface area (Å²) in [5, 5.41) is 0. The predicted molar refractivity (Wildman–Crippen MR) is 107 cm³/mol. The Morgan fingerprint density at radius 2 is 1.31 bits per heavy atom. The van der Waals surface area contributed by atoms with Crippen LogP contribution in [0.2, 0.25) is 0 Å². The first-order valence-corrected chi connectivity index (χ1v) is 9.97. The van der Waals surface area contributed by atoms with E-state index in [0.717, 1.165) is 57.4 Å². The molecule has 5 heteroatoms. The Kier molecular flexibility index (Phi) is 5.65. The van der Waals surface area contributed by atoms with E-state index in [-0.39, 0.29) is 0 Å². The smallest absolute Gasteiger partial charge is 0.134 e. The van der Waals surface area contributed by atoms with Crippen molar-refractivity contribution in [3.63, 3.8) is 0 Å². The van der Waals surface area contributed by atoms with Gasteiger partial charge in [-0.2, -0.15) is 0 Å². The Bertz CT molecular complexity index is 674. The molecule has 138 valence electrons. The fraction of sp³-hybridized carbons (Fsp3) is 0.524. The van der Waals surface area contributed by atoms with Crippen LogP contribution in [0.4, 0.5) is 11.6 Å². The molecule has 4 rings (SSSR count). The van der Waals surface area contributed by atoms with Crippen molar-refractivity contribution in [1.82, 2.24) is 14.9 Å². The topological polar surface area (TPSA) is 35.5 Å². The first-order valence-electron chi connectivity index (χ1n) is 9.97. The number of hydrogen-bond acceptors (Lipinski definition) is 5. The molecule has 2 saturated heterocycles. The fourth-order valence-electron chi connectivity index (χ4n) is 3.96. The summed E-state index contributed by atoms with van der Waals surface area (Å²) in [7, 11) is 0. The van der Waals surface area contributed by atoms with Crippen LogP contribution in [0, 0.1) is 0 Å². The number of hydrogen-bond donors (Lipinski definition) is 0. The second-order valence-electron chi connectivity index (χ2n) is 7.38. The maximum atomic E-state index is 4.56. The Morgan fingerprint density at radius 1 is 0.692 bits per heavy atom. The number of benzene rings is 1. The van der Waals surface area contributed by atoms with E-state index in [1.165, 1.54) is 31.2 Å². The minimum atomic E-state index is 1.03. The van der Waals surface area contributed by atoms with E-state index in [4.69, 9.17) is 0 Å². The SMILES string of the molecule is c1ccc(CN2CCN(c3cc(N4CCCCCC4)ncn3)CC2)cc1. The van der Waals surface area contributed by atoms with Crippen molar-refractivity contribution in [2.75, 3.05) is 49.1 Å². The molecule has 0 radical (unpaired) electrons. The van der Waals surface area contributed by atoms with Gasteiger partial charge in [-0.05, 0) is 18.4 Å². The predicted octanol–water partition coefficient (Wildman–Crippen LogP) is 3.18. The summed E-state index contributed by atoms with van der Waals surface area (Å²) in [5.41, 5.74) is 1.39. The van der Waals surface area contributed by atoms with Crippen molar-refractivity contribution < 1.29 is 0 Å². The molecule has 0 spiro atoms. The van der Waals surface area contributed by atoms with Crippen molar-refractivity contribution in [2.45, 2.75) is 32.2 Å². The maximum Gasteiger partial charge on any atom is 0.134 e. The van der Waals surface area contributed by atoms with Gasteiger partial charge in [0.1, 0.15) is 18.0 Å². The number of nitrogens with zero attached hydrogens (tertiary/aromatic N) is 5. The minimum Gasteiger partial charge on any atom is -0.356 e. The molecule has 2 aromatic rings. The largest absolute Gasteiger partial charge is 0.356 e. The van der Waals surface area contributed by atoms with Gasteiger partial charge in [-0.15, -0.1) is 0 Å². The molecule has 2 aliphatic rings. The lowest BCUT2D eigenvalue weighted by molar-refractivity contribution is 0.249. The van der Waals surface area contributed by atoms with Crippen molar-refractivity contribution in [2.24, 2.45) is 0 Å². The van der Waals surface area contributed by atoms with Crippen LogP contribution in [0.15, 0.2) is 42.7 Å². The van der Waals surface area contributed by atoms with Crippen LogP contribution < -0.4 is 9.80 Å². The number of rotatable bonds is 4. The third-order valence-electron chi connectivity index (χ3n) is 5.51. The minimum absolute atomic E-state index is 1.03. The Morgan fingerprint density at radius 3 is 1.96 bits per heavy atom. The highest BCUT2D eigenvalue weighted by Gasteiger charge is 2.19. The number of piperazine rings is 1. The highest BCUT2D eigenvalue weighted by atomic mass is 15.3. The van der Waals surface area contributed by atoms with E-state index in [1.54, 1.807) is 6.33 Å². The maximum absolute atomic E-state index is 4.56. The standard InChI is InChI=1S/C21H29N5/c1-2-7-11-25(10-6-1)20-16-21(23-18-22-20)26-14-12-24(13-15-26)17-19-8-4-3-5-9-19/h3-5,8-9,16,18H,1-2,6-7,10-15,17H2. The zero-order valence-corrected chi connectivity index (χ0v) is 15.6. The molecule has 2 fully saturated rings. The summed E-state index contributed by atoms with van der Waals surface area (Å²) in [6, 6.07) is 12.9. The van der Waals surface area contributed by atoms with Gasteiger partial charge >= 0.3 is 0 Å². The first-order chi connectivity index (χ1) is 12.9. The van der Waals surface area contributed by atoms with E-state index in [2.05, 4.69) is 61.1 Å². The Labute approximate surface area is 156 Å². The van der Waals surface area contributed by atoms with Gasteiger partial charge in [0.15, 0.2) is 0 Å². The molecule has 5 nitrogen and oxygen atoms in total. The lowest BCUT2D eigenvalue weighted by atomic mass is 10.2. The normalized spacial score (nSPS) is 19.4. The lowest BCUT2D eigenvalue weighted by Gasteiger charge is -2.35. The second-order valence-corrected chi connectivity index (χ2v) is 7.38. The molecule has 0 aliphatic carbocycles. The average molecular weight is 351 g/mol. The molecule has 0 amide bonds. The summed E-state index contributed by atoms with van der Waals surface area (Å²) >= 11 is 0. The van der Waals surface area contributed by atoms with Crippen LogP contribution in [0.5, 0.6) is 0 Å². The van der Waals surface area contributed by atoms with Gasteiger partial charge in [0.05, 0.1) is 0 Å². The van der Waals surface area contributed by atoms with Crippen molar-refractivity contribution in [3.05, 3.63) is 48.3 Å². The van der Waals surface area contributed by atoms with Crippen LogP contribution in [0.25, 0.3) is 0 Å². The van der Waals surface area contributed by atoms with Crippen LogP contribution in [0.1, 0.15) is 31.2 Å². The van der Waals surface area contributed by atoms with Crippen molar-refractivity contribution in [3.8, 4) is 0 Å². The molecule has 0 atom stereocenters. The summed E-state index contributed by atoms with van der Waals surface area (Å²) in [4.78, 5) is 16.5. The average Bonchev–Trinajstić information content (AvgIpc) is 2.99. The quantitative estimate of drug-likeness (QED) is 0.845. The zero-order chi connectivity index (χ0) is 17.6. The van der Waals surface area contributed by atoms with Gasteiger partial charge in [0, 0.05) is 51.9 Å². The Hall–Kier alpha value is -2.14. The highest BCUT2D eigenvalue weighted by molar-refractivity contribution is 5.50. The summed E-state index contributed by atoms with van der Waals surface area (Å²) in [6.07, 6.45) is 6.98.